The molecule has 44 heavy (non-hydrogen) atoms. The number of aryl methyl sites for hydroxylation is 1. The summed E-state index contributed by atoms with van der Waals surface area (Å²) in [5.41, 5.74) is 2.91. The average Bonchev–Trinajstić information content (AvgIpc) is 3.01. The molecular weight excluding hydrogens is 558 g/mol. The van der Waals surface area contributed by atoms with Gasteiger partial charge in [0.1, 0.15) is 17.2 Å². The fourth-order valence-corrected chi connectivity index (χ4v) is 5.13. The van der Waals surface area contributed by atoms with Crippen LogP contribution in [0.15, 0.2) is 97.1 Å². The zero-order valence-corrected chi connectivity index (χ0v) is 24.4. The second kappa shape index (κ2) is 14.2. The van der Waals surface area contributed by atoms with Gasteiger partial charge in [-0.15, -0.1) is 0 Å². The number of anilines is 2. The molecule has 0 heterocycles. The highest BCUT2D eigenvalue weighted by atomic mass is 16.5. The SMILES string of the molecule is Cc1ccccc1NC(=O)NC1CCC(Oc2ccc(Oc3ccc(CC(=O)Nc4ccccc4C(=O)O)cc3)cc2)CC1. The molecule has 226 valence electrons. The summed E-state index contributed by atoms with van der Waals surface area (Å²) in [5.74, 6) is 0.629. The predicted molar refractivity (Wildman–Crippen MR) is 169 cm³/mol. The minimum absolute atomic E-state index is 0.0429. The van der Waals surface area contributed by atoms with Crippen LogP contribution in [0.5, 0.6) is 17.2 Å². The van der Waals surface area contributed by atoms with Gasteiger partial charge in [0.05, 0.1) is 23.8 Å². The van der Waals surface area contributed by atoms with Gasteiger partial charge in [-0.3, -0.25) is 4.79 Å². The van der Waals surface area contributed by atoms with E-state index >= 15 is 0 Å². The Kier molecular flexibility index (Phi) is 9.76. The Labute approximate surface area is 256 Å². The minimum Gasteiger partial charge on any atom is -0.490 e. The van der Waals surface area contributed by atoms with E-state index in [0.717, 1.165) is 48.2 Å². The highest BCUT2D eigenvalue weighted by Crippen LogP contribution is 2.28. The number of nitrogens with one attached hydrogen (secondary N) is 3. The number of para-hydroxylation sites is 2. The second-order valence-electron chi connectivity index (χ2n) is 10.8. The van der Waals surface area contributed by atoms with Crippen molar-refractivity contribution in [3.05, 3.63) is 114 Å². The van der Waals surface area contributed by atoms with Crippen LogP contribution >= 0.6 is 0 Å². The third-order valence-corrected chi connectivity index (χ3v) is 7.48. The number of rotatable bonds is 10. The maximum atomic E-state index is 12.5. The molecule has 1 fully saturated rings. The van der Waals surface area contributed by atoms with Crippen LogP contribution in [0.4, 0.5) is 16.2 Å². The van der Waals surface area contributed by atoms with Crippen molar-refractivity contribution in [1.82, 2.24) is 5.32 Å². The van der Waals surface area contributed by atoms with Crippen LogP contribution in [0, 0.1) is 6.92 Å². The Hall–Kier alpha value is -5.31. The van der Waals surface area contributed by atoms with Crippen molar-refractivity contribution in [1.29, 1.82) is 0 Å². The van der Waals surface area contributed by atoms with Crippen molar-refractivity contribution in [3.63, 3.8) is 0 Å². The van der Waals surface area contributed by atoms with Crippen LogP contribution in [-0.2, 0) is 11.2 Å². The topological polar surface area (TPSA) is 126 Å². The number of urea groups is 1. The Morgan fingerprint density at radius 2 is 1.32 bits per heavy atom. The number of carboxylic acid groups (broad SMARTS) is 1. The molecule has 9 nitrogen and oxygen atoms in total. The van der Waals surface area contributed by atoms with E-state index < -0.39 is 5.97 Å². The lowest BCUT2D eigenvalue weighted by atomic mass is 9.93. The van der Waals surface area contributed by atoms with Crippen molar-refractivity contribution < 1.29 is 29.0 Å². The van der Waals surface area contributed by atoms with E-state index in [1.54, 1.807) is 42.5 Å². The molecule has 1 saturated carbocycles. The lowest BCUT2D eigenvalue weighted by Crippen LogP contribution is -2.41. The van der Waals surface area contributed by atoms with Crippen molar-refractivity contribution >= 4 is 29.3 Å². The smallest absolute Gasteiger partial charge is 0.337 e. The molecular formula is C35H35N3O6. The van der Waals surface area contributed by atoms with Gasteiger partial charge in [0.2, 0.25) is 5.91 Å². The molecule has 4 aromatic rings. The zero-order chi connectivity index (χ0) is 30.9. The Morgan fingerprint density at radius 3 is 1.98 bits per heavy atom. The second-order valence-corrected chi connectivity index (χ2v) is 10.8. The van der Waals surface area contributed by atoms with Crippen molar-refractivity contribution in [3.8, 4) is 17.2 Å². The van der Waals surface area contributed by atoms with Gasteiger partial charge < -0.3 is 30.5 Å². The monoisotopic (exact) mass is 593 g/mol. The van der Waals surface area contributed by atoms with Gasteiger partial charge >= 0.3 is 12.0 Å². The molecule has 4 aromatic carbocycles. The maximum Gasteiger partial charge on any atom is 0.337 e. The minimum atomic E-state index is -1.10. The Bertz CT molecular complexity index is 1600. The summed E-state index contributed by atoms with van der Waals surface area (Å²) < 4.78 is 12.1. The largest absolute Gasteiger partial charge is 0.490 e. The van der Waals surface area contributed by atoms with E-state index in [4.69, 9.17) is 9.47 Å². The highest BCUT2D eigenvalue weighted by Gasteiger charge is 2.24. The third kappa shape index (κ3) is 8.38. The maximum absolute atomic E-state index is 12.5. The van der Waals surface area contributed by atoms with Crippen LogP contribution in [0.2, 0.25) is 0 Å². The van der Waals surface area contributed by atoms with E-state index in [1.165, 1.54) is 6.07 Å². The molecule has 0 aliphatic heterocycles. The normalized spacial score (nSPS) is 15.9. The van der Waals surface area contributed by atoms with E-state index in [1.807, 2.05) is 55.5 Å². The van der Waals surface area contributed by atoms with E-state index in [9.17, 15) is 19.5 Å². The molecule has 0 radical (unpaired) electrons. The fraction of sp³-hybridized carbons (Fsp3) is 0.229. The summed E-state index contributed by atoms with van der Waals surface area (Å²) in [4.78, 5) is 36.3. The van der Waals surface area contributed by atoms with Gasteiger partial charge in [0.15, 0.2) is 0 Å². The predicted octanol–water partition coefficient (Wildman–Crippen LogP) is 7.18. The number of amides is 3. The first-order chi connectivity index (χ1) is 21.3. The summed E-state index contributed by atoms with van der Waals surface area (Å²) in [6, 6.07) is 28.6. The standard InChI is InChI=1S/C35H35N3O6/c1-23-6-2-4-8-31(23)38-35(42)36-25-12-16-27(17-13-25)44-29-20-18-28(19-21-29)43-26-14-10-24(11-15-26)22-33(39)37-32-9-5-3-7-30(32)34(40)41/h2-11,14-15,18-21,25,27H,12-13,16-17,22H2,1H3,(H,37,39)(H,40,41)(H2,36,38,42). The number of benzene rings is 4. The average molecular weight is 594 g/mol. The summed E-state index contributed by atoms with van der Waals surface area (Å²) in [5, 5.41) is 18.0. The molecule has 5 rings (SSSR count). The summed E-state index contributed by atoms with van der Waals surface area (Å²) in [7, 11) is 0. The molecule has 0 aromatic heterocycles. The van der Waals surface area contributed by atoms with Crippen LogP contribution in [-0.4, -0.2) is 35.2 Å². The molecule has 0 saturated heterocycles. The molecule has 4 N–H and O–H groups in total. The van der Waals surface area contributed by atoms with Gasteiger partial charge in [-0.1, -0.05) is 42.5 Å². The molecule has 0 unspecified atom stereocenters. The summed E-state index contributed by atoms with van der Waals surface area (Å²) in [6.07, 6.45) is 3.58. The Balaban J connectivity index is 1.04. The number of hydrogen-bond acceptors (Lipinski definition) is 5. The number of carbonyl (C=O) groups excluding carboxylic acids is 2. The van der Waals surface area contributed by atoms with E-state index in [2.05, 4.69) is 16.0 Å². The first-order valence-electron chi connectivity index (χ1n) is 14.6. The van der Waals surface area contributed by atoms with Crippen LogP contribution in [0.3, 0.4) is 0 Å². The molecule has 1 aliphatic rings. The van der Waals surface area contributed by atoms with Crippen molar-refractivity contribution in [2.45, 2.75) is 51.2 Å². The van der Waals surface area contributed by atoms with Gasteiger partial charge in [0.25, 0.3) is 0 Å². The summed E-state index contributed by atoms with van der Waals surface area (Å²) in [6.45, 7) is 1.97. The first kappa shape index (κ1) is 30.2. The fourth-order valence-electron chi connectivity index (χ4n) is 5.13. The van der Waals surface area contributed by atoms with Gasteiger partial charge in [-0.2, -0.15) is 0 Å². The van der Waals surface area contributed by atoms with E-state index in [0.29, 0.717) is 11.5 Å². The molecule has 9 heteroatoms. The molecule has 0 atom stereocenters. The van der Waals surface area contributed by atoms with Crippen molar-refractivity contribution in [2.75, 3.05) is 10.6 Å². The van der Waals surface area contributed by atoms with Crippen LogP contribution in [0.25, 0.3) is 0 Å². The zero-order valence-electron chi connectivity index (χ0n) is 24.4. The summed E-state index contributed by atoms with van der Waals surface area (Å²) >= 11 is 0. The van der Waals surface area contributed by atoms with Crippen molar-refractivity contribution in [2.24, 2.45) is 0 Å². The quantitative estimate of drug-likeness (QED) is 0.154. The third-order valence-electron chi connectivity index (χ3n) is 7.48. The molecule has 0 spiro atoms. The molecule has 1 aliphatic carbocycles. The number of carbonyl (C=O) groups is 3. The Morgan fingerprint density at radius 1 is 0.727 bits per heavy atom. The molecule has 0 bridgehead atoms. The first-order valence-corrected chi connectivity index (χ1v) is 14.6. The van der Waals surface area contributed by atoms with Gasteiger partial charge in [-0.25, -0.2) is 9.59 Å². The number of carboxylic acids is 1. The number of hydrogen-bond donors (Lipinski definition) is 4. The molecule has 3 amide bonds. The van der Waals surface area contributed by atoms with Gasteiger partial charge in [-0.05, 0) is 98.3 Å². The highest BCUT2D eigenvalue weighted by molar-refractivity contribution is 6.01. The van der Waals surface area contributed by atoms with Gasteiger partial charge in [0, 0.05) is 11.7 Å². The lowest BCUT2D eigenvalue weighted by molar-refractivity contribution is -0.115. The van der Waals surface area contributed by atoms with E-state index in [-0.39, 0.29) is 41.8 Å². The van der Waals surface area contributed by atoms with Crippen LogP contribution < -0.4 is 25.4 Å². The number of ether oxygens (including phenoxy) is 2. The lowest BCUT2D eigenvalue weighted by Gasteiger charge is -2.29. The van der Waals surface area contributed by atoms with Crippen LogP contribution in [0.1, 0.15) is 47.2 Å². The number of aromatic carboxylic acids is 1.